The minimum atomic E-state index is 0.568. The summed E-state index contributed by atoms with van der Waals surface area (Å²) in [6.45, 7) is 4.88. The average molecular weight is 399 g/mol. The highest BCUT2D eigenvalue weighted by atomic mass is 15.3. The first-order chi connectivity index (χ1) is 14.8. The predicted octanol–water partition coefficient (Wildman–Crippen LogP) is 3.73. The van der Waals surface area contributed by atoms with Gasteiger partial charge in [0.1, 0.15) is 0 Å². The number of nitrogens with one attached hydrogen (secondary N) is 2. The molecule has 2 aromatic carbocycles. The summed E-state index contributed by atoms with van der Waals surface area (Å²) in [4.78, 5) is 9.32. The van der Waals surface area contributed by atoms with Crippen molar-refractivity contribution < 1.29 is 0 Å². The molecule has 0 spiro atoms. The fraction of sp³-hybridized carbons (Fsp3) is 0.208. The number of nitrogens with zero attached hydrogens (tertiary/aromatic N) is 4. The highest BCUT2D eigenvalue weighted by Gasteiger charge is 2.06. The Labute approximate surface area is 176 Å². The zero-order valence-corrected chi connectivity index (χ0v) is 17.1. The second kappa shape index (κ2) is 9.69. The molecule has 0 atom stereocenters. The number of pyridine rings is 1. The third-order valence-corrected chi connectivity index (χ3v) is 4.92. The number of rotatable bonds is 7. The topological polar surface area (TPSA) is 67.1 Å². The molecule has 0 aliphatic carbocycles. The predicted molar refractivity (Wildman–Crippen MR) is 121 cm³/mol. The van der Waals surface area contributed by atoms with Gasteiger partial charge in [0, 0.05) is 37.1 Å². The molecule has 0 aliphatic heterocycles. The maximum absolute atomic E-state index is 4.79. The van der Waals surface area contributed by atoms with Crippen molar-refractivity contribution in [3.8, 4) is 0 Å². The van der Waals surface area contributed by atoms with E-state index < -0.39 is 0 Å². The summed E-state index contributed by atoms with van der Waals surface area (Å²) in [7, 11) is 0. The van der Waals surface area contributed by atoms with Gasteiger partial charge in [-0.3, -0.25) is 9.67 Å². The average Bonchev–Trinajstić information content (AvgIpc) is 3.30. The molecule has 0 saturated carbocycles. The summed E-state index contributed by atoms with van der Waals surface area (Å²) < 4.78 is 1.94. The molecule has 0 bridgehead atoms. The second-order valence-corrected chi connectivity index (χ2v) is 7.01. The third kappa shape index (κ3) is 4.84. The van der Waals surface area contributed by atoms with E-state index in [1.54, 1.807) is 6.20 Å². The van der Waals surface area contributed by atoms with Crippen molar-refractivity contribution in [2.75, 3.05) is 6.54 Å². The second-order valence-electron chi connectivity index (χ2n) is 7.01. The maximum atomic E-state index is 4.79. The largest absolute Gasteiger partial charge is 0.357 e. The number of guanidine groups is 1. The monoisotopic (exact) mass is 398 g/mol. The minimum absolute atomic E-state index is 0.568. The lowest BCUT2D eigenvalue weighted by Crippen LogP contribution is -2.37. The normalized spacial score (nSPS) is 11.6. The number of benzene rings is 2. The first kappa shape index (κ1) is 19.6. The highest BCUT2D eigenvalue weighted by molar-refractivity contribution is 5.83. The summed E-state index contributed by atoms with van der Waals surface area (Å²) in [6.07, 6.45) is 5.61. The van der Waals surface area contributed by atoms with Crippen molar-refractivity contribution in [1.82, 2.24) is 25.4 Å². The van der Waals surface area contributed by atoms with E-state index in [0.29, 0.717) is 13.1 Å². The summed E-state index contributed by atoms with van der Waals surface area (Å²) in [5, 5.41) is 12.3. The molecular formula is C24H26N6. The summed E-state index contributed by atoms with van der Waals surface area (Å²) in [5.74, 6) is 0.791. The summed E-state index contributed by atoms with van der Waals surface area (Å²) in [5.41, 5.74) is 4.58. The van der Waals surface area contributed by atoms with E-state index in [4.69, 9.17) is 4.99 Å². The number of hydrogen-bond donors (Lipinski definition) is 2. The van der Waals surface area contributed by atoms with Gasteiger partial charge in [-0.2, -0.15) is 5.10 Å². The number of aromatic nitrogens is 3. The van der Waals surface area contributed by atoms with Gasteiger partial charge < -0.3 is 10.6 Å². The molecule has 2 heterocycles. The number of para-hydroxylation sites is 1. The van der Waals surface area contributed by atoms with Gasteiger partial charge in [-0.1, -0.05) is 48.5 Å². The molecule has 4 rings (SSSR count). The Kier molecular flexibility index (Phi) is 6.35. The van der Waals surface area contributed by atoms with Gasteiger partial charge in [0.15, 0.2) is 5.96 Å². The van der Waals surface area contributed by atoms with Gasteiger partial charge >= 0.3 is 0 Å². The molecule has 0 unspecified atom stereocenters. The highest BCUT2D eigenvalue weighted by Crippen LogP contribution is 2.16. The summed E-state index contributed by atoms with van der Waals surface area (Å²) in [6, 6.07) is 20.6. The van der Waals surface area contributed by atoms with E-state index in [0.717, 1.165) is 35.5 Å². The molecule has 0 fully saturated rings. The number of fused-ring (bicyclic) bond motifs is 1. The van der Waals surface area contributed by atoms with Crippen LogP contribution in [0.1, 0.15) is 23.6 Å². The Hall–Kier alpha value is -3.67. The summed E-state index contributed by atoms with van der Waals surface area (Å²) >= 11 is 0. The van der Waals surface area contributed by atoms with Crippen molar-refractivity contribution in [2.24, 2.45) is 4.99 Å². The van der Waals surface area contributed by atoms with Crippen LogP contribution in [-0.4, -0.2) is 27.3 Å². The van der Waals surface area contributed by atoms with Crippen molar-refractivity contribution in [2.45, 2.75) is 26.6 Å². The Morgan fingerprint density at radius 3 is 2.57 bits per heavy atom. The van der Waals surface area contributed by atoms with Crippen LogP contribution >= 0.6 is 0 Å². The molecule has 152 valence electrons. The fourth-order valence-electron chi connectivity index (χ4n) is 3.43. The van der Waals surface area contributed by atoms with E-state index >= 15 is 0 Å². The first-order valence-corrected chi connectivity index (χ1v) is 10.2. The van der Waals surface area contributed by atoms with Gasteiger partial charge in [0.2, 0.25) is 0 Å². The lowest BCUT2D eigenvalue weighted by atomic mass is 10.1. The standard InChI is InChI=1S/C24H26N6/c1-2-25-24(28-17-21-11-5-10-19-12-6-13-26-23(19)21)27-16-20-8-3-4-9-22(20)18-30-15-7-14-29-30/h3-15H,2,16-18H2,1H3,(H2,25,27,28). The maximum Gasteiger partial charge on any atom is 0.191 e. The van der Waals surface area contributed by atoms with Crippen molar-refractivity contribution >= 4 is 16.9 Å². The van der Waals surface area contributed by atoms with Crippen LogP contribution in [0.15, 0.2) is 84.2 Å². The van der Waals surface area contributed by atoms with Gasteiger partial charge in [-0.25, -0.2) is 4.99 Å². The van der Waals surface area contributed by atoms with Crippen LogP contribution in [0.25, 0.3) is 10.9 Å². The minimum Gasteiger partial charge on any atom is -0.357 e. The SMILES string of the molecule is CCNC(=NCc1cccc2cccnc12)NCc1ccccc1Cn1cccn1. The van der Waals surface area contributed by atoms with Crippen LogP contribution in [-0.2, 0) is 19.6 Å². The van der Waals surface area contributed by atoms with E-state index in [-0.39, 0.29) is 0 Å². The molecule has 0 amide bonds. The quantitative estimate of drug-likeness (QED) is 0.368. The molecule has 0 radical (unpaired) electrons. The Balaban J connectivity index is 1.48. The van der Waals surface area contributed by atoms with Crippen LogP contribution < -0.4 is 10.6 Å². The number of hydrogen-bond acceptors (Lipinski definition) is 3. The van der Waals surface area contributed by atoms with Gasteiger partial charge in [0.25, 0.3) is 0 Å². The van der Waals surface area contributed by atoms with E-state index in [2.05, 4.69) is 76.2 Å². The van der Waals surface area contributed by atoms with Crippen LogP contribution in [0, 0.1) is 0 Å². The molecule has 6 nitrogen and oxygen atoms in total. The van der Waals surface area contributed by atoms with Gasteiger partial charge in [-0.05, 0) is 35.7 Å². The van der Waals surface area contributed by atoms with Crippen LogP contribution in [0.4, 0.5) is 0 Å². The molecule has 4 aromatic rings. The lowest BCUT2D eigenvalue weighted by Gasteiger charge is -2.14. The van der Waals surface area contributed by atoms with Gasteiger partial charge in [0.05, 0.1) is 18.6 Å². The van der Waals surface area contributed by atoms with Crippen molar-refractivity contribution in [1.29, 1.82) is 0 Å². The van der Waals surface area contributed by atoms with Crippen LogP contribution in [0.2, 0.25) is 0 Å². The zero-order chi connectivity index (χ0) is 20.6. The zero-order valence-electron chi connectivity index (χ0n) is 17.1. The van der Waals surface area contributed by atoms with E-state index in [9.17, 15) is 0 Å². The van der Waals surface area contributed by atoms with E-state index in [1.165, 1.54) is 11.1 Å². The van der Waals surface area contributed by atoms with Gasteiger partial charge in [-0.15, -0.1) is 0 Å². The molecular weight excluding hydrogens is 372 g/mol. The number of aliphatic imine (C=N–C) groups is 1. The fourth-order valence-corrected chi connectivity index (χ4v) is 3.43. The molecule has 2 N–H and O–H groups in total. The lowest BCUT2D eigenvalue weighted by molar-refractivity contribution is 0.677. The first-order valence-electron chi connectivity index (χ1n) is 10.2. The Morgan fingerprint density at radius 1 is 0.900 bits per heavy atom. The molecule has 6 heteroatoms. The third-order valence-electron chi connectivity index (χ3n) is 4.92. The van der Waals surface area contributed by atoms with Crippen LogP contribution in [0.3, 0.4) is 0 Å². The smallest absolute Gasteiger partial charge is 0.191 e. The van der Waals surface area contributed by atoms with Crippen molar-refractivity contribution in [3.63, 3.8) is 0 Å². The van der Waals surface area contributed by atoms with Crippen LogP contribution in [0.5, 0.6) is 0 Å². The molecule has 0 saturated heterocycles. The molecule has 30 heavy (non-hydrogen) atoms. The molecule has 0 aliphatic rings. The van der Waals surface area contributed by atoms with E-state index in [1.807, 2.05) is 29.2 Å². The Bertz CT molecular complexity index is 1110. The van der Waals surface area contributed by atoms with Crippen molar-refractivity contribution in [3.05, 3.63) is 95.9 Å². The molecule has 2 aromatic heterocycles. The Morgan fingerprint density at radius 2 is 1.73 bits per heavy atom.